The first kappa shape index (κ1) is 19.2. The molecule has 0 bridgehead atoms. The number of hydrogen-bond acceptors (Lipinski definition) is 6. The molecule has 2 heterocycles. The molecule has 138 valence electrons. The number of nitriles is 1. The van der Waals surface area contributed by atoms with Crippen molar-refractivity contribution in [2.24, 2.45) is 0 Å². The predicted molar refractivity (Wildman–Crippen MR) is 92.4 cm³/mol. The number of rotatable bonds is 6. The zero-order chi connectivity index (χ0) is 18.1. The highest BCUT2D eigenvalue weighted by Gasteiger charge is 2.24. The summed E-state index contributed by atoms with van der Waals surface area (Å²) in [6, 6.07) is 1.97. The van der Waals surface area contributed by atoms with Gasteiger partial charge in [0, 0.05) is 58.9 Å². The third-order valence-corrected chi connectivity index (χ3v) is 4.51. The van der Waals surface area contributed by atoms with Crippen LogP contribution in [0.25, 0.3) is 0 Å². The molecule has 0 aliphatic carbocycles. The maximum atomic E-state index is 12.4. The van der Waals surface area contributed by atoms with E-state index in [1.54, 1.807) is 9.80 Å². The summed E-state index contributed by atoms with van der Waals surface area (Å²) in [4.78, 5) is 29.4. The number of hydrogen-bond donors (Lipinski definition) is 1. The van der Waals surface area contributed by atoms with Gasteiger partial charge in [0.25, 0.3) is 5.91 Å². The summed E-state index contributed by atoms with van der Waals surface area (Å²) in [7, 11) is 0. The largest absolute Gasteiger partial charge is 0.390 e. The Hall–Kier alpha value is -2.11. The fourth-order valence-corrected chi connectivity index (χ4v) is 2.94. The van der Waals surface area contributed by atoms with Crippen molar-refractivity contribution in [3.8, 4) is 6.07 Å². The summed E-state index contributed by atoms with van der Waals surface area (Å²) in [5.74, 6) is -0.253. The second-order valence-electron chi connectivity index (χ2n) is 6.23. The first-order chi connectivity index (χ1) is 12.1. The molecule has 25 heavy (non-hydrogen) atoms. The third kappa shape index (κ3) is 6.03. The zero-order valence-corrected chi connectivity index (χ0v) is 14.9. The van der Waals surface area contributed by atoms with Crippen LogP contribution >= 0.6 is 0 Å². The molecule has 2 rings (SSSR count). The fraction of sp³-hybridized carbons (Fsp3) is 0.706. The molecule has 0 spiro atoms. The van der Waals surface area contributed by atoms with E-state index in [-0.39, 0.29) is 17.4 Å². The van der Waals surface area contributed by atoms with E-state index in [4.69, 9.17) is 4.74 Å². The molecular formula is C17H27N5O3. The number of ether oxygens (including phenoxy) is 1. The lowest BCUT2D eigenvalue weighted by Crippen LogP contribution is -2.50. The monoisotopic (exact) mass is 349 g/mol. The standard InChI is InChI=1S/C17H27N5O3/c1-15(23)21-5-7-22(8-6-21)17(24)16(13-18)14-19-3-2-4-20-9-11-25-12-10-20/h14,19H,2-12H2,1H3/b16-14-. The van der Waals surface area contributed by atoms with Crippen LogP contribution in [0.4, 0.5) is 0 Å². The Balaban J connectivity index is 1.71. The first-order valence-corrected chi connectivity index (χ1v) is 8.80. The SMILES string of the molecule is CC(=O)N1CCN(C(=O)/C(C#N)=C\NCCCN2CCOCC2)CC1. The van der Waals surface area contributed by atoms with Gasteiger partial charge in [-0.3, -0.25) is 14.5 Å². The lowest BCUT2D eigenvalue weighted by Gasteiger charge is -2.34. The number of carbonyl (C=O) groups is 2. The van der Waals surface area contributed by atoms with Crippen molar-refractivity contribution in [1.29, 1.82) is 5.26 Å². The molecule has 0 aromatic rings. The van der Waals surface area contributed by atoms with E-state index in [1.165, 1.54) is 13.1 Å². The van der Waals surface area contributed by atoms with Gasteiger partial charge in [-0.1, -0.05) is 0 Å². The Labute approximate surface area is 149 Å². The van der Waals surface area contributed by atoms with Crippen molar-refractivity contribution in [2.75, 3.05) is 65.6 Å². The molecule has 0 atom stereocenters. The van der Waals surface area contributed by atoms with E-state index in [1.807, 2.05) is 6.07 Å². The number of morpholine rings is 1. The van der Waals surface area contributed by atoms with Crippen LogP contribution in [0, 0.1) is 11.3 Å². The summed E-state index contributed by atoms with van der Waals surface area (Å²) in [6.07, 6.45) is 2.46. The number of nitrogens with one attached hydrogen (secondary N) is 1. The van der Waals surface area contributed by atoms with E-state index in [0.717, 1.165) is 39.3 Å². The predicted octanol–water partition coefficient (Wildman–Crippen LogP) is -0.604. The highest BCUT2D eigenvalue weighted by atomic mass is 16.5. The van der Waals surface area contributed by atoms with Crippen LogP contribution in [-0.4, -0.2) is 92.1 Å². The van der Waals surface area contributed by atoms with Crippen molar-refractivity contribution >= 4 is 11.8 Å². The van der Waals surface area contributed by atoms with Gasteiger partial charge >= 0.3 is 0 Å². The Bertz CT molecular complexity index is 529. The molecule has 1 N–H and O–H groups in total. The first-order valence-electron chi connectivity index (χ1n) is 8.80. The van der Waals surface area contributed by atoms with Gasteiger partial charge in [-0.15, -0.1) is 0 Å². The Morgan fingerprint density at radius 2 is 1.76 bits per heavy atom. The van der Waals surface area contributed by atoms with Crippen molar-refractivity contribution < 1.29 is 14.3 Å². The molecular weight excluding hydrogens is 322 g/mol. The van der Waals surface area contributed by atoms with Gasteiger partial charge in [0.15, 0.2) is 0 Å². The summed E-state index contributed by atoms with van der Waals surface area (Å²) in [6.45, 7) is 8.70. The molecule has 8 nitrogen and oxygen atoms in total. The van der Waals surface area contributed by atoms with E-state index in [0.29, 0.717) is 32.7 Å². The van der Waals surface area contributed by atoms with Crippen LogP contribution < -0.4 is 5.32 Å². The van der Waals surface area contributed by atoms with Gasteiger partial charge in [-0.2, -0.15) is 5.26 Å². The van der Waals surface area contributed by atoms with Crippen molar-refractivity contribution in [3.05, 3.63) is 11.8 Å². The van der Waals surface area contributed by atoms with E-state index in [9.17, 15) is 14.9 Å². The molecule has 0 aromatic carbocycles. The molecule has 2 amide bonds. The number of carbonyl (C=O) groups excluding carboxylic acids is 2. The smallest absolute Gasteiger partial charge is 0.266 e. The minimum absolute atomic E-state index is 0.0186. The fourth-order valence-electron chi connectivity index (χ4n) is 2.94. The molecule has 0 radical (unpaired) electrons. The highest BCUT2D eigenvalue weighted by Crippen LogP contribution is 2.07. The van der Waals surface area contributed by atoms with Crippen LogP contribution in [0.3, 0.4) is 0 Å². The molecule has 8 heteroatoms. The molecule has 0 unspecified atom stereocenters. The van der Waals surface area contributed by atoms with Crippen LogP contribution in [0.1, 0.15) is 13.3 Å². The maximum Gasteiger partial charge on any atom is 0.266 e. The number of nitrogens with zero attached hydrogens (tertiary/aromatic N) is 4. The Morgan fingerprint density at radius 1 is 1.12 bits per heavy atom. The number of piperazine rings is 1. The van der Waals surface area contributed by atoms with Crippen LogP contribution in [-0.2, 0) is 14.3 Å². The third-order valence-electron chi connectivity index (χ3n) is 4.51. The maximum absolute atomic E-state index is 12.4. The quantitative estimate of drug-likeness (QED) is 0.391. The molecule has 0 aromatic heterocycles. The van der Waals surface area contributed by atoms with Gasteiger partial charge in [0.1, 0.15) is 11.6 Å². The lowest BCUT2D eigenvalue weighted by molar-refractivity contribution is -0.136. The Kier molecular flexibility index (Phi) is 7.70. The van der Waals surface area contributed by atoms with Gasteiger partial charge < -0.3 is 19.9 Å². The molecule has 2 aliphatic heterocycles. The number of amides is 2. The molecule has 0 saturated carbocycles. The van der Waals surface area contributed by atoms with E-state index < -0.39 is 0 Å². The van der Waals surface area contributed by atoms with Crippen LogP contribution in [0.5, 0.6) is 0 Å². The van der Waals surface area contributed by atoms with Crippen LogP contribution in [0.15, 0.2) is 11.8 Å². The molecule has 2 fully saturated rings. The van der Waals surface area contributed by atoms with Gasteiger partial charge in [0.05, 0.1) is 13.2 Å². The second-order valence-corrected chi connectivity index (χ2v) is 6.23. The minimum atomic E-state index is -0.272. The minimum Gasteiger partial charge on any atom is -0.390 e. The van der Waals surface area contributed by atoms with E-state index in [2.05, 4.69) is 10.2 Å². The summed E-state index contributed by atoms with van der Waals surface area (Å²) >= 11 is 0. The highest BCUT2D eigenvalue weighted by molar-refractivity contribution is 5.97. The average molecular weight is 349 g/mol. The summed E-state index contributed by atoms with van der Waals surface area (Å²) in [5.41, 5.74) is 0.114. The van der Waals surface area contributed by atoms with E-state index >= 15 is 0 Å². The summed E-state index contributed by atoms with van der Waals surface area (Å²) in [5, 5.41) is 12.3. The molecule has 2 saturated heterocycles. The van der Waals surface area contributed by atoms with Crippen molar-refractivity contribution in [3.63, 3.8) is 0 Å². The summed E-state index contributed by atoms with van der Waals surface area (Å²) < 4.78 is 5.31. The Morgan fingerprint density at radius 3 is 2.36 bits per heavy atom. The van der Waals surface area contributed by atoms with Crippen molar-refractivity contribution in [1.82, 2.24) is 20.0 Å². The van der Waals surface area contributed by atoms with Crippen molar-refractivity contribution in [2.45, 2.75) is 13.3 Å². The molecule has 2 aliphatic rings. The normalized spacial score (nSPS) is 19.4. The van der Waals surface area contributed by atoms with Gasteiger partial charge in [0.2, 0.25) is 5.91 Å². The second kappa shape index (κ2) is 10.0. The van der Waals surface area contributed by atoms with Gasteiger partial charge in [-0.25, -0.2) is 0 Å². The average Bonchev–Trinajstić information content (AvgIpc) is 2.65. The topological polar surface area (TPSA) is 88.9 Å². The zero-order valence-electron chi connectivity index (χ0n) is 14.9. The lowest BCUT2D eigenvalue weighted by atomic mass is 10.2. The van der Waals surface area contributed by atoms with Gasteiger partial charge in [-0.05, 0) is 13.0 Å². The van der Waals surface area contributed by atoms with Crippen LogP contribution in [0.2, 0.25) is 0 Å².